The van der Waals surface area contributed by atoms with Gasteiger partial charge in [-0.15, -0.1) is 0 Å². The number of likely N-dealkylation sites (N-methyl/N-ethyl adjacent to an activating group) is 1. The molecule has 1 saturated carbocycles. The molecule has 1 aliphatic carbocycles. The Morgan fingerprint density at radius 1 is 1.20 bits per heavy atom. The normalized spacial score (nSPS) is 19.0. The maximum Gasteiger partial charge on any atom is 0.238 e. The van der Waals surface area contributed by atoms with E-state index in [4.69, 9.17) is 0 Å². The molecule has 0 unspecified atom stereocenters. The Labute approximate surface area is 149 Å². The van der Waals surface area contributed by atoms with Gasteiger partial charge in [-0.2, -0.15) is 0 Å². The molecule has 0 bridgehead atoms. The number of piperazine rings is 1. The van der Waals surface area contributed by atoms with Crippen molar-refractivity contribution in [2.45, 2.75) is 12.8 Å². The first-order valence-corrected chi connectivity index (χ1v) is 8.91. The molecule has 136 valence electrons. The lowest BCUT2D eigenvalue weighted by atomic mass is 10.0. The standard InChI is InChI=1S/C18H27N5O2/c1-21(2)10-9-20-16(24)18(6-7-18)17(25)23-13-11-22(12-14-23)15-5-3-4-8-19-15/h3-5,8H,6-7,9-14H2,1-2H3,(H,20,24). The van der Waals surface area contributed by atoms with Gasteiger partial charge in [-0.25, -0.2) is 4.98 Å². The fourth-order valence-corrected chi connectivity index (χ4v) is 3.21. The molecule has 1 N–H and O–H groups in total. The van der Waals surface area contributed by atoms with E-state index in [1.165, 1.54) is 0 Å². The zero-order valence-corrected chi connectivity index (χ0v) is 15.1. The molecular weight excluding hydrogens is 318 g/mol. The van der Waals surface area contributed by atoms with Crippen molar-refractivity contribution in [2.75, 3.05) is 58.3 Å². The molecule has 1 aromatic rings. The lowest BCUT2D eigenvalue weighted by molar-refractivity contribution is -0.144. The van der Waals surface area contributed by atoms with E-state index in [1.54, 1.807) is 6.20 Å². The summed E-state index contributed by atoms with van der Waals surface area (Å²) >= 11 is 0. The van der Waals surface area contributed by atoms with Crippen molar-refractivity contribution in [1.29, 1.82) is 0 Å². The zero-order chi connectivity index (χ0) is 17.9. The summed E-state index contributed by atoms with van der Waals surface area (Å²) < 4.78 is 0. The minimum Gasteiger partial charge on any atom is -0.354 e. The highest BCUT2D eigenvalue weighted by Crippen LogP contribution is 2.47. The van der Waals surface area contributed by atoms with Gasteiger partial charge >= 0.3 is 0 Å². The molecule has 2 amide bonds. The highest BCUT2D eigenvalue weighted by Gasteiger charge is 2.58. The van der Waals surface area contributed by atoms with Crippen LogP contribution in [-0.2, 0) is 9.59 Å². The average Bonchev–Trinajstić information content (AvgIpc) is 3.43. The number of pyridine rings is 1. The molecule has 0 radical (unpaired) electrons. The molecule has 2 heterocycles. The number of hydrogen-bond acceptors (Lipinski definition) is 5. The van der Waals surface area contributed by atoms with Gasteiger partial charge in [0.1, 0.15) is 11.2 Å². The van der Waals surface area contributed by atoms with Crippen LogP contribution in [0.3, 0.4) is 0 Å². The SMILES string of the molecule is CN(C)CCNC(=O)C1(C(=O)N2CCN(c3ccccn3)CC2)CC1. The van der Waals surface area contributed by atoms with Gasteiger partial charge in [0.05, 0.1) is 0 Å². The van der Waals surface area contributed by atoms with E-state index in [9.17, 15) is 9.59 Å². The third-order valence-corrected chi connectivity index (χ3v) is 4.98. The highest BCUT2D eigenvalue weighted by atomic mass is 16.2. The topological polar surface area (TPSA) is 68.8 Å². The second kappa shape index (κ2) is 7.39. The molecule has 2 fully saturated rings. The van der Waals surface area contributed by atoms with Crippen molar-refractivity contribution in [3.63, 3.8) is 0 Å². The maximum atomic E-state index is 12.9. The zero-order valence-electron chi connectivity index (χ0n) is 15.1. The summed E-state index contributed by atoms with van der Waals surface area (Å²) in [6.45, 7) is 4.14. The van der Waals surface area contributed by atoms with Crippen molar-refractivity contribution in [3.05, 3.63) is 24.4 Å². The van der Waals surface area contributed by atoms with Crippen LogP contribution in [0.4, 0.5) is 5.82 Å². The Morgan fingerprint density at radius 3 is 2.48 bits per heavy atom. The van der Waals surface area contributed by atoms with E-state index in [-0.39, 0.29) is 11.8 Å². The number of hydrogen-bond donors (Lipinski definition) is 1. The number of carbonyl (C=O) groups excluding carboxylic acids is 2. The molecule has 0 spiro atoms. The Hall–Kier alpha value is -2.15. The van der Waals surface area contributed by atoms with E-state index in [0.29, 0.717) is 32.5 Å². The van der Waals surface area contributed by atoms with Gasteiger partial charge in [-0.05, 0) is 39.1 Å². The summed E-state index contributed by atoms with van der Waals surface area (Å²) in [5.74, 6) is 0.833. The van der Waals surface area contributed by atoms with Crippen LogP contribution in [0, 0.1) is 5.41 Å². The number of anilines is 1. The van der Waals surface area contributed by atoms with Gasteiger partial charge in [0.2, 0.25) is 11.8 Å². The molecule has 1 saturated heterocycles. The number of nitrogens with zero attached hydrogens (tertiary/aromatic N) is 4. The minimum absolute atomic E-state index is 0.00414. The van der Waals surface area contributed by atoms with Crippen LogP contribution in [0.5, 0.6) is 0 Å². The number of rotatable bonds is 6. The van der Waals surface area contributed by atoms with Crippen LogP contribution in [0.1, 0.15) is 12.8 Å². The lowest BCUT2D eigenvalue weighted by Crippen LogP contribution is -2.53. The first-order chi connectivity index (χ1) is 12.0. The molecule has 7 heteroatoms. The number of amides is 2. The van der Waals surface area contributed by atoms with E-state index in [2.05, 4.69) is 15.2 Å². The predicted octanol–water partition coefficient (Wildman–Crippen LogP) is 0.188. The molecule has 0 aromatic carbocycles. The molecule has 7 nitrogen and oxygen atoms in total. The second-order valence-corrected chi connectivity index (χ2v) is 7.11. The molecule has 2 aliphatic rings. The van der Waals surface area contributed by atoms with Crippen LogP contribution in [0.2, 0.25) is 0 Å². The lowest BCUT2D eigenvalue weighted by Gasteiger charge is -2.36. The van der Waals surface area contributed by atoms with Gasteiger partial charge in [0.25, 0.3) is 0 Å². The van der Waals surface area contributed by atoms with E-state index < -0.39 is 5.41 Å². The van der Waals surface area contributed by atoms with Gasteiger partial charge in [0, 0.05) is 45.5 Å². The fourth-order valence-electron chi connectivity index (χ4n) is 3.21. The van der Waals surface area contributed by atoms with Gasteiger partial charge < -0.3 is 20.0 Å². The Bertz CT molecular complexity index is 607. The number of carbonyl (C=O) groups is 2. The molecule has 25 heavy (non-hydrogen) atoms. The second-order valence-electron chi connectivity index (χ2n) is 7.11. The Balaban J connectivity index is 1.53. The summed E-state index contributed by atoms with van der Waals surface area (Å²) in [6.07, 6.45) is 3.12. The number of aromatic nitrogens is 1. The average molecular weight is 345 g/mol. The monoisotopic (exact) mass is 345 g/mol. The summed E-state index contributed by atoms with van der Waals surface area (Å²) in [7, 11) is 3.93. The van der Waals surface area contributed by atoms with E-state index in [1.807, 2.05) is 42.1 Å². The first-order valence-electron chi connectivity index (χ1n) is 8.91. The Morgan fingerprint density at radius 2 is 1.92 bits per heavy atom. The van der Waals surface area contributed by atoms with Gasteiger partial charge in [-0.3, -0.25) is 9.59 Å². The predicted molar refractivity (Wildman–Crippen MR) is 96.3 cm³/mol. The minimum atomic E-state index is -0.806. The Kier molecular flexibility index (Phi) is 5.22. The summed E-state index contributed by atoms with van der Waals surface area (Å²) in [5.41, 5.74) is -0.806. The third kappa shape index (κ3) is 3.92. The smallest absolute Gasteiger partial charge is 0.238 e. The van der Waals surface area contributed by atoms with Gasteiger partial charge in [0.15, 0.2) is 0 Å². The quantitative estimate of drug-likeness (QED) is 0.746. The largest absolute Gasteiger partial charge is 0.354 e. The van der Waals surface area contributed by atoms with Crippen molar-refractivity contribution < 1.29 is 9.59 Å². The molecule has 1 aromatic heterocycles. The van der Waals surface area contributed by atoms with Crippen LogP contribution >= 0.6 is 0 Å². The molecular formula is C18H27N5O2. The number of nitrogens with one attached hydrogen (secondary N) is 1. The van der Waals surface area contributed by atoms with Crippen molar-refractivity contribution in [2.24, 2.45) is 5.41 Å². The third-order valence-electron chi connectivity index (χ3n) is 4.98. The van der Waals surface area contributed by atoms with Crippen LogP contribution in [0.15, 0.2) is 24.4 Å². The van der Waals surface area contributed by atoms with Gasteiger partial charge in [-0.1, -0.05) is 6.07 Å². The van der Waals surface area contributed by atoms with Crippen molar-refractivity contribution >= 4 is 17.6 Å². The van der Waals surface area contributed by atoms with Crippen molar-refractivity contribution in [3.8, 4) is 0 Å². The van der Waals surface area contributed by atoms with Crippen LogP contribution < -0.4 is 10.2 Å². The van der Waals surface area contributed by atoms with Crippen LogP contribution in [-0.4, -0.2) is 80.0 Å². The van der Waals surface area contributed by atoms with Crippen LogP contribution in [0.25, 0.3) is 0 Å². The summed E-state index contributed by atoms with van der Waals surface area (Å²) in [4.78, 5) is 35.8. The fraction of sp³-hybridized carbons (Fsp3) is 0.611. The molecule has 3 rings (SSSR count). The van der Waals surface area contributed by atoms with E-state index in [0.717, 1.165) is 25.5 Å². The first kappa shape index (κ1) is 17.7. The van der Waals surface area contributed by atoms with E-state index >= 15 is 0 Å². The maximum absolute atomic E-state index is 12.9. The summed E-state index contributed by atoms with van der Waals surface area (Å²) in [6, 6.07) is 5.85. The molecule has 1 aliphatic heterocycles. The van der Waals surface area contributed by atoms with Crippen molar-refractivity contribution in [1.82, 2.24) is 20.1 Å². The molecule has 0 atom stereocenters. The summed E-state index contributed by atoms with van der Waals surface area (Å²) in [5, 5.41) is 2.92. The highest BCUT2D eigenvalue weighted by molar-refractivity contribution is 6.07.